The van der Waals surface area contributed by atoms with Crippen LogP contribution in [0.3, 0.4) is 0 Å². The van der Waals surface area contributed by atoms with Gasteiger partial charge in [-0.25, -0.2) is 0 Å². The first-order chi connectivity index (χ1) is 10.2. The van der Waals surface area contributed by atoms with Gasteiger partial charge in [0.25, 0.3) is 0 Å². The molecular formula is C17H27N3O2. The molecule has 122 valence electrons. The molecule has 1 N–H and O–H groups in total. The van der Waals surface area contributed by atoms with E-state index in [1.165, 1.54) is 0 Å². The van der Waals surface area contributed by atoms with Crippen LogP contribution in [0.4, 0.5) is 5.69 Å². The van der Waals surface area contributed by atoms with Gasteiger partial charge in [-0.15, -0.1) is 0 Å². The summed E-state index contributed by atoms with van der Waals surface area (Å²) in [6.07, 6.45) is 0. The monoisotopic (exact) mass is 305 g/mol. The number of nitrogens with one attached hydrogen (secondary N) is 1. The van der Waals surface area contributed by atoms with Crippen LogP contribution < -0.4 is 10.2 Å². The molecule has 1 aromatic rings. The zero-order chi connectivity index (χ0) is 16.8. The van der Waals surface area contributed by atoms with E-state index >= 15 is 0 Å². The Morgan fingerprint density at radius 2 is 1.68 bits per heavy atom. The van der Waals surface area contributed by atoms with Gasteiger partial charge in [-0.05, 0) is 39.4 Å². The number of hydrogen-bond acceptors (Lipinski definition) is 3. The van der Waals surface area contributed by atoms with E-state index in [1.807, 2.05) is 62.9 Å². The molecule has 0 aliphatic rings. The predicted molar refractivity (Wildman–Crippen MR) is 89.9 cm³/mol. The summed E-state index contributed by atoms with van der Waals surface area (Å²) in [4.78, 5) is 27.8. The topological polar surface area (TPSA) is 52.7 Å². The van der Waals surface area contributed by atoms with Gasteiger partial charge in [0.1, 0.15) is 0 Å². The van der Waals surface area contributed by atoms with Crippen molar-refractivity contribution in [3.63, 3.8) is 0 Å². The zero-order valence-electron chi connectivity index (χ0n) is 14.2. The number of amides is 2. The molecule has 1 rings (SSSR count). The Bertz CT molecular complexity index is 494. The molecule has 22 heavy (non-hydrogen) atoms. The Kier molecular flexibility index (Phi) is 6.56. The summed E-state index contributed by atoms with van der Waals surface area (Å²) in [5, 5.41) is 2.91. The Hall–Kier alpha value is -1.88. The van der Waals surface area contributed by atoms with E-state index in [-0.39, 0.29) is 30.4 Å². The molecule has 0 saturated carbocycles. The first kappa shape index (κ1) is 18.2. The first-order valence-electron chi connectivity index (χ1n) is 7.58. The highest BCUT2D eigenvalue weighted by Gasteiger charge is 2.19. The molecule has 0 heterocycles. The normalized spacial score (nSPS) is 11.4. The van der Waals surface area contributed by atoms with Crippen LogP contribution in [0.25, 0.3) is 0 Å². The largest absolute Gasteiger partial charge is 0.350 e. The van der Waals surface area contributed by atoms with Gasteiger partial charge in [0.05, 0.1) is 13.1 Å². The lowest BCUT2D eigenvalue weighted by Gasteiger charge is -2.26. The Morgan fingerprint density at radius 3 is 2.18 bits per heavy atom. The van der Waals surface area contributed by atoms with Gasteiger partial charge in [0.2, 0.25) is 11.8 Å². The van der Waals surface area contributed by atoms with Gasteiger partial charge in [-0.2, -0.15) is 0 Å². The molecule has 0 radical (unpaired) electrons. The third-order valence-corrected chi connectivity index (χ3v) is 3.21. The number of likely N-dealkylation sites (N-methyl/N-ethyl adjacent to an activating group) is 2. The van der Waals surface area contributed by atoms with Gasteiger partial charge >= 0.3 is 0 Å². The summed E-state index contributed by atoms with van der Waals surface area (Å²) in [5.41, 5.74) is 0.587. The molecule has 0 bridgehead atoms. The van der Waals surface area contributed by atoms with E-state index in [4.69, 9.17) is 0 Å². The minimum absolute atomic E-state index is 0.0309. The molecule has 0 fully saturated rings. The fourth-order valence-corrected chi connectivity index (χ4v) is 2.03. The summed E-state index contributed by atoms with van der Waals surface area (Å²) < 4.78 is 0. The van der Waals surface area contributed by atoms with E-state index in [0.717, 1.165) is 5.69 Å². The number of para-hydroxylation sites is 1. The number of carbonyl (C=O) groups excluding carboxylic acids is 2. The molecule has 2 amide bonds. The maximum absolute atomic E-state index is 12.3. The fourth-order valence-electron chi connectivity index (χ4n) is 2.03. The van der Waals surface area contributed by atoms with Crippen molar-refractivity contribution in [1.29, 1.82) is 0 Å². The molecule has 0 atom stereocenters. The maximum Gasteiger partial charge on any atom is 0.240 e. The first-order valence-corrected chi connectivity index (χ1v) is 7.58. The maximum atomic E-state index is 12.3. The summed E-state index contributed by atoms with van der Waals surface area (Å²) in [7, 11) is 1.75. The molecule has 0 spiro atoms. The number of carbonyl (C=O) groups is 2. The van der Waals surface area contributed by atoms with Crippen LogP contribution in [0.15, 0.2) is 30.3 Å². The Balaban J connectivity index is 2.58. The number of benzene rings is 1. The quantitative estimate of drug-likeness (QED) is 0.873. The van der Waals surface area contributed by atoms with Crippen LogP contribution >= 0.6 is 0 Å². The van der Waals surface area contributed by atoms with Crippen LogP contribution in [-0.4, -0.2) is 48.9 Å². The van der Waals surface area contributed by atoms with Crippen molar-refractivity contribution in [3.8, 4) is 0 Å². The fraction of sp³-hybridized carbons (Fsp3) is 0.529. The van der Waals surface area contributed by atoms with Crippen LogP contribution in [0, 0.1) is 0 Å². The van der Waals surface area contributed by atoms with Crippen molar-refractivity contribution in [2.75, 3.05) is 31.6 Å². The van der Waals surface area contributed by atoms with Crippen molar-refractivity contribution < 1.29 is 9.59 Å². The molecule has 0 unspecified atom stereocenters. The minimum Gasteiger partial charge on any atom is -0.350 e. The van der Waals surface area contributed by atoms with Crippen LogP contribution in [0.1, 0.15) is 27.7 Å². The van der Waals surface area contributed by atoms with Gasteiger partial charge in [0, 0.05) is 18.3 Å². The minimum atomic E-state index is -0.263. The lowest BCUT2D eigenvalue weighted by atomic mass is 10.1. The third kappa shape index (κ3) is 6.26. The molecule has 5 nitrogen and oxygen atoms in total. The molecular weight excluding hydrogens is 278 g/mol. The zero-order valence-corrected chi connectivity index (χ0v) is 14.2. The highest BCUT2D eigenvalue weighted by molar-refractivity contribution is 5.94. The van der Waals surface area contributed by atoms with Crippen LogP contribution in [0.2, 0.25) is 0 Å². The summed E-state index contributed by atoms with van der Waals surface area (Å²) >= 11 is 0. The molecule has 0 aliphatic heterocycles. The third-order valence-electron chi connectivity index (χ3n) is 3.21. The average Bonchev–Trinajstić information content (AvgIpc) is 2.44. The lowest BCUT2D eigenvalue weighted by molar-refractivity contribution is -0.125. The second-order valence-corrected chi connectivity index (χ2v) is 6.39. The lowest BCUT2D eigenvalue weighted by Crippen LogP contribution is -2.48. The van der Waals surface area contributed by atoms with E-state index in [2.05, 4.69) is 5.32 Å². The highest BCUT2D eigenvalue weighted by Crippen LogP contribution is 2.11. The Labute approximate surface area is 133 Å². The van der Waals surface area contributed by atoms with Gasteiger partial charge in [-0.3, -0.25) is 14.5 Å². The SMILES string of the molecule is CCN(CC(=O)NC(C)(C)C)CC(=O)N(C)c1ccccc1. The molecule has 0 saturated heterocycles. The van der Waals surface area contributed by atoms with Crippen molar-refractivity contribution in [2.24, 2.45) is 0 Å². The number of nitrogens with zero attached hydrogens (tertiary/aromatic N) is 2. The van der Waals surface area contributed by atoms with E-state index in [9.17, 15) is 9.59 Å². The van der Waals surface area contributed by atoms with E-state index in [1.54, 1.807) is 11.9 Å². The van der Waals surface area contributed by atoms with Gasteiger partial charge in [-0.1, -0.05) is 25.1 Å². The number of anilines is 1. The van der Waals surface area contributed by atoms with Crippen LogP contribution in [-0.2, 0) is 9.59 Å². The standard InChI is InChI=1S/C17H27N3O2/c1-6-20(12-15(21)18-17(2,3)4)13-16(22)19(5)14-10-8-7-9-11-14/h7-11H,6,12-13H2,1-5H3,(H,18,21). The molecule has 0 aromatic heterocycles. The van der Waals surface area contributed by atoms with Crippen molar-refractivity contribution in [1.82, 2.24) is 10.2 Å². The van der Waals surface area contributed by atoms with Crippen molar-refractivity contribution in [3.05, 3.63) is 30.3 Å². The van der Waals surface area contributed by atoms with Crippen LogP contribution in [0.5, 0.6) is 0 Å². The number of rotatable bonds is 6. The summed E-state index contributed by atoms with van der Waals surface area (Å²) in [5.74, 6) is -0.0962. The molecule has 0 aliphatic carbocycles. The van der Waals surface area contributed by atoms with E-state index in [0.29, 0.717) is 6.54 Å². The van der Waals surface area contributed by atoms with Gasteiger partial charge < -0.3 is 10.2 Å². The molecule has 5 heteroatoms. The summed E-state index contributed by atoms with van der Waals surface area (Å²) in [6.45, 7) is 8.86. The van der Waals surface area contributed by atoms with Gasteiger partial charge in [0.15, 0.2) is 0 Å². The second kappa shape index (κ2) is 7.94. The summed E-state index contributed by atoms with van der Waals surface area (Å²) in [6, 6.07) is 9.49. The average molecular weight is 305 g/mol. The predicted octanol–water partition coefficient (Wildman–Crippen LogP) is 1.89. The number of hydrogen-bond donors (Lipinski definition) is 1. The molecule has 1 aromatic carbocycles. The Morgan fingerprint density at radius 1 is 1.09 bits per heavy atom. The van der Waals surface area contributed by atoms with Crippen molar-refractivity contribution in [2.45, 2.75) is 33.2 Å². The second-order valence-electron chi connectivity index (χ2n) is 6.39. The van der Waals surface area contributed by atoms with E-state index < -0.39 is 0 Å². The highest BCUT2D eigenvalue weighted by atomic mass is 16.2. The van der Waals surface area contributed by atoms with Crippen molar-refractivity contribution >= 4 is 17.5 Å². The smallest absolute Gasteiger partial charge is 0.240 e.